The lowest BCUT2D eigenvalue weighted by Crippen LogP contribution is -2.20. The second-order valence-corrected chi connectivity index (χ2v) is 6.15. The molecule has 0 saturated carbocycles. The zero-order valence-electron chi connectivity index (χ0n) is 15.2. The second kappa shape index (κ2) is 11.7. The Bertz CT molecular complexity index is 436. The Morgan fingerprint density at radius 1 is 1.08 bits per heavy atom. The van der Waals surface area contributed by atoms with Crippen molar-refractivity contribution in [3.63, 3.8) is 0 Å². The van der Waals surface area contributed by atoms with Gasteiger partial charge in [0.15, 0.2) is 0 Å². The molecule has 0 aromatic rings. The summed E-state index contributed by atoms with van der Waals surface area (Å²) in [5.74, 6) is -1.00. The fraction of sp³-hybridized carbons (Fsp3) is 0.824. The molecule has 1 heterocycles. The summed E-state index contributed by atoms with van der Waals surface area (Å²) in [6, 6.07) is 0. The van der Waals surface area contributed by atoms with Crippen LogP contribution in [0.3, 0.4) is 0 Å². The summed E-state index contributed by atoms with van der Waals surface area (Å²) >= 11 is 0. The predicted octanol–water partition coefficient (Wildman–Crippen LogP) is 2.09. The van der Waals surface area contributed by atoms with Gasteiger partial charge in [0, 0.05) is 13.5 Å². The first-order valence-corrected chi connectivity index (χ1v) is 8.59. The maximum Gasteiger partial charge on any atom is 0.508 e. The van der Waals surface area contributed by atoms with Crippen molar-refractivity contribution in [2.24, 2.45) is 11.8 Å². The van der Waals surface area contributed by atoms with Crippen LogP contribution in [0.1, 0.15) is 39.5 Å². The first kappa shape index (κ1) is 21.2. The fourth-order valence-electron chi connectivity index (χ4n) is 2.27. The quantitative estimate of drug-likeness (QED) is 0.296. The van der Waals surface area contributed by atoms with Gasteiger partial charge in [-0.05, 0) is 12.8 Å². The van der Waals surface area contributed by atoms with E-state index in [0.717, 1.165) is 6.42 Å². The molecule has 1 rings (SSSR count). The number of carbonyl (C=O) groups is 3. The van der Waals surface area contributed by atoms with Gasteiger partial charge in [-0.1, -0.05) is 20.3 Å². The van der Waals surface area contributed by atoms with Gasteiger partial charge in [-0.25, -0.2) is 4.79 Å². The van der Waals surface area contributed by atoms with Crippen molar-refractivity contribution in [2.45, 2.75) is 45.6 Å². The third-order valence-corrected chi connectivity index (χ3v) is 3.94. The molecule has 1 saturated heterocycles. The highest BCUT2D eigenvalue weighted by Crippen LogP contribution is 2.16. The van der Waals surface area contributed by atoms with E-state index in [1.54, 1.807) is 14.0 Å². The average Bonchev–Trinajstić information content (AvgIpc) is 2.99. The molecule has 0 radical (unpaired) electrons. The van der Waals surface area contributed by atoms with Crippen molar-refractivity contribution in [1.29, 1.82) is 0 Å². The number of methoxy groups -OCH3 is 1. The van der Waals surface area contributed by atoms with Crippen molar-refractivity contribution in [1.82, 2.24) is 0 Å². The predicted molar refractivity (Wildman–Crippen MR) is 86.8 cm³/mol. The number of hydrogen-bond donors (Lipinski definition) is 0. The van der Waals surface area contributed by atoms with E-state index in [1.165, 1.54) is 0 Å². The number of rotatable bonds is 12. The number of carbonyl (C=O) groups excluding carboxylic acids is 3. The summed E-state index contributed by atoms with van der Waals surface area (Å²) in [5, 5.41) is 0. The van der Waals surface area contributed by atoms with Crippen molar-refractivity contribution in [3.8, 4) is 0 Å². The van der Waals surface area contributed by atoms with Crippen LogP contribution < -0.4 is 0 Å². The van der Waals surface area contributed by atoms with Gasteiger partial charge in [0.2, 0.25) is 0 Å². The number of esters is 2. The highest BCUT2D eigenvalue weighted by Gasteiger charge is 2.25. The summed E-state index contributed by atoms with van der Waals surface area (Å²) in [6.45, 7) is 4.62. The highest BCUT2D eigenvalue weighted by atomic mass is 16.8. The molecule has 8 nitrogen and oxygen atoms in total. The van der Waals surface area contributed by atoms with Crippen LogP contribution in [0, 0.1) is 11.8 Å². The molecule has 1 fully saturated rings. The molecule has 0 aromatic heterocycles. The van der Waals surface area contributed by atoms with E-state index < -0.39 is 6.16 Å². The van der Waals surface area contributed by atoms with Crippen LogP contribution >= 0.6 is 0 Å². The zero-order chi connectivity index (χ0) is 18.7. The van der Waals surface area contributed by atoms with E-state index in [0.29, 0.717) is 25.9 Å². The van der Waals surface area contributed by atoms with E-state index >= 15 is 0 Å². The Labute approximate surface area is 148 Å². The number of hydrogen-bond acceptors (Lipinski definition) is 8. The first-order valence-electron chi connectivity index (χ1n) is 8.59. The molecule has 25 heavy (non-hydrogen) atoms. The van der Waals surface area contributed by atoms with E-state index in [9.17, 15) is 14.4 Å². The van der Waals surface area contributed by atoms with Crippen LogP contribution in [0.2, 0.25) is 0 Å². The van der Waals surface area contributed by atoms with Gasteiger partial charge >= 0.3 is 18.1 Å². The summed E-state index contributed by atoms with van der Waals surface area (Å²) in [5.41, 5.74) is 0. The Kier molecular flexibility index (Phi) is 9.91. The van der Waals surface area contributed by atoms with Crippen molar-refractivity contribution >= 4 is 18.1 Å². The first-order chi connectivity index (χ1) is 11.9. The molecule has 1 aliphatic heterocycles. The van der Waals surface area contributed by atoms with Gasteiger partial charge in [-0.15, -0.1) is 0 Å². The molecule has 3 unspecified atom stereocenters. The summed E-state index contributed by atoms with van der Waals surface area (Å²) in [6.07, 6.45) is 1.41. The smallest absolute Gasteiger partial charge is 0.465 e. The molecule has 144 valence electrons. The summed E-state index contributed by atoms with van der Waals surface area (Å²) in [7, 11) is 1.55. The van der Waals surface area contributed by atoms with Crippen LogP contribution in [0.25, 0.3) is 0 Å². The zero-order valence-corrected chi connectivity index (χ0v) is 15.2. The third-order valence-electron chi connectivity index (χ3n) is 3.94. The topological polar surface area (TPSA) is 97.4 Å². The Balaban J connectivity index is 2.09. The van der Waals surface area contributed by atoms with Gasteiger partial charge in [0.05, 0.1) is 25.0 Å². The van der Waals surface area contributed by atoms with Gasteiger partial charge in [0.25, 0.3) is 0 Å². The van der Waals surface area contributed by atoms with Gasteiger partial charge in [-0.2, -0.15) is 0 Å². The number of cyclic esters (lactones) is 2. The van der Waals surface area contributed by atoms with Gasteiger partial charge in [-0.3, -0.25) is 9.59 Å². The lowest BCUT2D eigenvalue weighted by atomic mass is 9.99. The Morgan fingerprint density at radius 2 is 1.68 bits per heavy atom. The average molecular weight is 360 g/mol. The second-order valence-electron chi connectivity index (χ2n) is 6.15. The molecule has 0 bridgehead atoms. The number of ether oxygens (including phenoxy) is 5. The summed E-state index contributed by atoms with van der Waals surface area (Å²) < 4.78 is 24.6. The molecular formula is C17H28O8. The molecule has 1 aliphatic rings. The van der Waals surface area contributed by atoms with Crippen LogP contribution in [0.4, 0.5) is 4.79 Å². The normalized spacial score (nSPS) is 18.8. The third kappa shape index (κ3) is 8.72. The Hall–Kier alpha value is -1.83. The maximum absolute atomic E-state index is 11.9. The Morgan fingerprint density at radius 3 is 2.20 bits per heavy atom. The molecule has 0 spiro atoms. The van der Waals surface area contributed by atoms with E-state index in [-0.39, 0.29) is 49.7 Å². The maximum atomic E-state index is 11.9. The van der Waals surface area contributed by atoms with Gasteiger partial charge < -0.3 is 23.7 Å². The molecule has 0 aromatic carbocycles. The van der Waals surface area contributed by atoms with E-state index in [4.69, 9.17) is 18.9 Å². The lowest BCUT2D eigenvalue weighted by molar-refractivity contribution is -0.149. The van der Waals surface area contributed by atoms with Crippen molar-refractivity contribution < 1.29 is 38.1 Å². The molecule has 0 amide bonds. The minimum absolute atomic E-state index is 0.187. The van der Waals surface area contributed by atoms with Crippen LogP contribution in [0.15, 0.2) is 0 Å². The lowest BCUT2D eigenvalue weighted by Gasteiger charge is -2.14. The minimum atomic E-state index is -0.681. The fourth-order valence-corrected chi connectivity index (χ4v) is 2.27. The highest BCUT2D eigenvalue weighted by molar-refractivity contribution is 5.72. The molecule has 8 heteroatoms. The SMILES string of the molecule is COCCOC(=O)C(C)CCCC(C)C(=O)OCCC1COC(=O)O1. The van der Waals surface area contributed by atoms with Crippen molar-refractivity contribution in [2.75, 3.05) is 33.5 Å². The van der Waals surface area contributed by atoms with Crippen LogP contribution in [-0.4, -0.2) is 57.7 Å². The van der Waals surface area contributed by atoms with Crippen LogP contribution in [0.5, 0.6) is 0 Å². The van der Waals surface area contributed by atoms with Crippen LogP contribution in [-0.2, 0) is 33.3 Å². The molecule has 0 N–H and O–H groups in total. The summed E-state index contributed by atoms with van der Waals surface area (Å²) in [4.78, 5) is 34.4. The monoisotopic (exact) mass is 360 g/mol. The van der Waals surface area contributed by atoms with E-state index in [1.807, 2.05) is 6.92 Å². The van der Waals surface area contributed by atoms with Crippen molar-refractivity contribution in [3.05, 3.63) is 0 Å². The molecular weight excluding hydrogens is 332 g/mol. The minimum Gasteiger partial charge on any atom is -0.465 e. The standard InChI is InChI=1S/C17H28O8/c1-12(5-4-6-13(2)16(19)23-10-9-21-3)15(18)22-8-7-14-11-24-17(20)25-14/h12-14H,4-11H2,1-3H3. The van der Waals surface area contributed by atoms with Gasteiger partial charge in [0.1, 0.15) is 19.3 Å². The van der Waals surface area contributed by atoms with E-state index in [2.05, 4.69) is 4.74 Å². The molecule has 0 aliphatic carbocycles. The molecule has 3 atom stereocenters. The largest absolute Gasteiger partial charge is 0.508 e.